The number of carboxylic acid groups (broad SMARTS) is 1. The lowest BCUT2D eigenvalue weighted by Gasteiger charge is -2.21. The molecule has 1 saturated carbocycles. The van der Waals surface area contributed by atoms with Crippen LogP contribution in [0.4, 0.5) is 0 Å². The number of benzene rings is 2. The van der Waals surface area contributed by atoms with Gasteiger partial charge in [-0.2, -0.15) is 4.98 Å². The van der Waals surface area contributed by atoms with Crippen LogP contribution in [-0.4, -0.2) is 30.3 Å². The van der Waals surface area contributed by atoms with Crippen LogP contribution in [0.3, 0.4) is 0 Å². The van der Waals surface area contributed by atoms with Crippen molar-refractivity contribution >= 4 is 35.0 Å². The van der Waals surface area contributed by atoms with Gasteiger partial charge in [-0.3, -0.25) is 9.20 Å². The zero-order valence-electron chi connectivity index (χ0n) is 18.6. The quantitative estimate of drug-likeness (QED) is 0.414. The SMILES string of the molecule is O=C(O)[C@H]1[C@H](Cn2c(=O)nc3ccccn3c2=O)CC[C@@H]1Sc1ccc(-c2ccc(Cl)cc2)cc1. The summed E-state index contributed by atoms with van der Waals surface area (Å²) in [6.07, 6.45) is 2.85. The lowest BCUT2D eigenvalue weighted by molar-refractivity contribution is -0.142. The Bertz CT molecular complexity index is 1500. The molecule has 2 aromatic heterocycles. The van der Waals surface area contributed by atoms with Gasteiger partial charge < -0.3 is 5.11 Å². The predicted octanol–water partition coefficient (Wildman–Crippen LogP) is 4.45. The monoisotopic (exact) mass is 507 g/mol. The molecule has 178 valence electrons. The molecule has 1 N–H and O–H groups in total. The van der Waals surface area contributed by atoms with Crippen molar-refractivity contribution < 1.29 is 9.90 Å². The van der Waals surface area contributed by atoms with Gasteiger partial charge in [0.25, 0.3) is 0 Å². The number of hydrogen-bond acceptors (Lipinski definition) is 5. The number of aliphatic carboxylic acids is 1. The van der Waals surface area contributed by atoms with E-state index < -0.39 is 23.3 Å². The standard InChI is InChI=1S/C26H22ClN3O4S/c27-19-9-4-16(5-10-19)17-6-11-20(12-7-17)35-21-13-8-18(23(21)24(31)32)15-30-25(33)28-22-3-1-2-14-29(22)26(30)34/h1-7,9-12,14,18,21,23H,8,13,15H2,(H,31,32)/t18-,21-,23-/m0/s1. The summed E-state index contributed by atoms with van der Waals surface area (Å²) < 4.78 is 2.36. The number of fused-ring (bicyclic) bond motifs is 1. The molecule has 5 rings (SSSR count). The van der Waals surface area contributed by atoms with Crippen LogP contribution in [0.15, 0.2) is 87.4 Å². The van der Waals surface area contributed by atoms with Gasteiger partial charge in [0.2, 0.25) is 0 Å². The summed E-state index contributed by atoms with van der Waals surface area (Å²) in [6.45, 7) is 0.0338. The van der Waals surface area contributed by atoms with Crippen LogP contribution < -0.4 is 11.4 Å². The topological polar surface area (TPSA) is 93.7 Å². The van der Waals surface area contributed by atoms with Crippen molar-refractivity contribution in [3.05, 3.63) is 98.9 Å². The van der Waals surface area contributed by atoms with Crippen LogP contribution in [0.5, 0.6) is 0 Å². The maximum absolute atomic E-state index is 12.9. The molecule has 0 saturated heterocycles. The molecule has 35 heavy (non-hydrogen) atoms. The second-order valence-electron chi connectivity index (χ2n) is 8.61. The van der Waals surface area contributed by atoms with Crippen LogP contribution >= 0.6 is 23.4 Å². The molecule has 2 heterocycles. The lowest BCUT2D eigenvalue weighted by Crippen LogP contribution is -2.42. The van der Waals surface area contributed by atoms with Crippen LogP contribution in [0.25, 0.3) is 16.8 Å². The fraction of sp³-hybridized carbons (Fsp3) is 0.231. The summed E-state index contributed by atoms with van der Waals surface area (Å²) >= 11 is 7.50. The van der Waals surface area contributed by atoms with Gasteiger partial charge in [0, 0.05) is 27.9 Å². The van der Waals surface area contributed by atoms with E-state index >= 15 is 0 Å². The van der Waals surface area contributed by atoms with Gasteiger partial charge in [-0.05, 0) is 66.3 Å². The Morgan fingerprint density at radius 1 is 1.00 bits per heavy atom. The van der Waals surface area contributed by atoms with Crippen molar-refractivity contribution in [2.45, 2.75) is 29.5 Å². The first kappa shape index (κ1) is 23.4. The summed E-state index contributed by atoms with van der Waals surface area (Å²) in [5.74, 6) is -1.93. The van der Waals surface area contributed by atoms with Gasteiger partial charge in [0.15, 0.2) is 0 Å². The normalized spacial score (nSPS) is 19.7. The van der Waals surface area contributed by atoms with E-state index in [0.29, 0.717) is 17.9 Å². The fourth-order valence-corrected chi connectivity index (χ4v) is 6.24. The van der Waals surface area contributed by atoms with Crippen molar-refractivity contribution in [1.29, 1.82) is 0 Å². The number of rotatable bonds is 6. The van der Waals surface area contributed by atoms with E-state index in [4.69, 9.17) is 11.6 Å². The molecule has 0 aliphatic heterocycles. The van der Waals surface area contributed by atoms with Crippen molar-refractivity contribution in [2.75, 3.05) is 0 Å². The Labute approximate surface area is 210 Å². The molecule has 7 nitrogen and oxygen atoms in total. The molecule has 1 aliphatic rings. The molecule has 0 amide bonds. The van der Waals surface area contributed by atoms with Crippen molar-refractivity contribution in [2.24, 2.45) is 11.8 Å². The average Bonchev–Trinajstić information content (AvgIpc) is 3.25. The van der Waals surface area contributed by atoms with Gasteiger partial charge in [0.1, 0.15) is 5.65 Å². The van der Waals surface area contributed by atoms with Crippen LogP contribution in [0.1, 0.15) is 12.8 Å². The third-order valence-corrected chi connectivity index (χ3v) is 8.10. The number of pyridine rings is 1. The molecular weight excluding hydrogens is 486 g/mol. The summed E-state index contributed by atoms with van der Waals surface area (Å²) in [7, 11) is 0. The summed E-state index contributed by atoms with van der Waals surface area (Å²) in [5.41, 5.74) is 1.22. The predicted molar refractivity (Wildman–Crippen MR) is 136 cm³/mol. The molecule has 2 aromatic carbocycles. The second-order valence-corrected chi connectivity index (χ2v) is 10.4. The Morgan fingerprint density at radius 3 is 2.37 bits per heavy atom. The minimum absolute atomic E-state index is 0.0338. The number of carboxylic acids is 1. The van der Waals surface area contributed by atoms with Gasteiger partial charge in [-0.15, -0.1) is 11.8 Å². The van der Waals surface area contributed by atoms with Gasteiger partial charge in [-0.25, -0.2) is 14.2 Å². The lowest BCUT2D eigenvalue weighted by atomic mass is 9.96. The highest BCUT2D eigenvalue weighted by atomic mass is 35.5. The van der Waals surface area contributed by atoms with E-state index in [2.05, 4.69) is 4.98 Å². The summed E-state index contributed by atoms with van der Waals surface area (Å²) in [4.78, 5) is 42.6. The first-order valence-corrected chi connectivity index (χ1v) is 12.5. The van der Waals surface area contributed by atoms with Crippen LogP contribution in [-0.2, 0) is 11.3 Å². The molecule has 1 fully saturated rings. The fourth-order valence-electron chi connectivity index (χ4n) is 4.73. The molecule has 3 atom stereocenters. The van der Waals surface area contributed by atoms with E-state index in [0.717, 1.165) is 20.6 Å². The molecule has 1 aliphatic carbocycles. The van der Waals surface area contributed by atoms with Crippen LogP contribution in [0, 0.1) is 11.8 Å². The third-order valence-electron chi connectivity index (χ3n) is 6.47. The highest BCUT2D eigenvalue weighted by Crippen LogP contribution is 2.43. The zero-order chi connectivity index (χ0) is 24.5. The number of carbonyl (C=O) groups is 1. The first-order chi connectivity index (χ1) is 16.9. The van der Waals surface area contributed by atoms with Crippen LogP contribution in [0.2, 0.25) is 5.02 Å². The molecule has 0 unspecified atom stereocenters. The summed E-state index contributed by atoms with van der Waals surface area (Å²) in [6, 6.07) is 20.6. The molecule has 9 heteroatoms. The number of halogens is 1. The van der Waals surface area contributed by atoms with Gasteiger partial charge in [-0.1, -0.05) is 41.9 Å². The average molecular weight is 508 g/mol. The van der Waals surface area contributed by atoms with E-state index in [1.807, 2.05) is 48.5 Å². The number of nitrogens with zero attached hydrogens (tertiary/aromatic N) is 3. The Hall–Kier alpha value is -3.36. The molecule has 0 spiro atoms. The Kier molecular flexibility index (Phi) is 6.49. The van der Waals surface area contributed by atoms with E-state index in [9.17, 15) is 19.5 Å². The molecule has 4 aromatic rings. The number of thioether (sulfide) groups is 1. The van der Waals surface area contributed by atoms with Gasteiger partial charge >= 0.3 is 17.3 Å². The third kappa shape index (κ3) is 4.76. The largest absolute Gasteiger partial charge is 0.481 e. The second kappa shape index (κ2) is 9.71. The smallest absolute Gasteiger partial charge is 0.353 e. The minimum atomic E-state index is -0.912. The number of hydrogen-bond donors (Lipinski definition) is 1. The highest BCUT2D eigenvalue weighted by molar-refractivity contribution is 8.00. The summed E-state index contributed by atoms with van der Waals surface area (Å²) in [5, 5.41) is 10.5. The number of aromatic nitrogens is 3. The van der Waals surface area contributed by atoms with Crippen molar-refractivity contribution in [3.63, 3.8) is 0 Å². The van der Waals surface area contributed by atoms with Crippen molar-refractivity contribution in [3.8, 4) is 11.1 Å². The highest BCUT2D eigenvalue weighted by Gasteiger charge is 2.42. The maximum Gasteiger partial charge on any atom is 0.353 e. The molecular formula is C26H22ClN3O4S. The van der Waals surface area contributed by atoms with E-state index in [1.54, 1.807) is 24.4 Å². The van der Waals surface area contributed by atoms with E-state index in [-0.39, 0.29) is 23.4 Å². The maximum atomic E-state index is 12.9. The Morgan fingerprint density at radius 2 is 1.69 bits per heavy atom. The molecule has 0 bridgehead atoms. The first-order valence-electron chi connectivity index (χ1n) is 11.2. The minimum Gasteiger partial charge on any atom is -0.481 e. The van der Waals surface area contributed by atoms with Gasteiger partial charge in [0.05, 0.1) is 5.92 Å². The zero-order valence-corrected chi connectivity index (χ0v) is 20.2. The Balaban J connectivity index is 1.35. The van der Waals surface area contributed by atoms with E-state index in [1.165, 1.54) is 16.2 Å². The van der Waals surface area contributed by atoms with Crippen molar-refractivity contribution in [1.82, 2.24) is 14.0 Å². The molecule has 0 radical (unpaired) electrons.